The number of carbonyl (C=O) groups is 2. The van der Waals surface area contributed by atoms with Crippen LogP contribution in [0.15, 0.2) is 23.7 Å². The van der Waals surface area contributed by atoms with Crippen LogP contribution in [-0.2, 0) is 9.53 Å². The number of nitrogens with one attached hydrogen (secondary N) is 2. The number of thiazole rings is 1. The van der Waals surface area contributed by atoms with E-state index in [1.54, 1.807) is 19.4 Å². The Labute approximate surface area is 180 Å². The summed E-state index contributed by atoms with van der Waals surface area (Å²) in [4.78, 5) is 30.1. The molecule has 2 N–H and O–H groups in total. The Balaban J connectivity index is 1.50. The molecule has 0 saturated carbocycles. The molecule has 1 fully saturated rings. The molecule has 2 unspecified atom stereocenters. The van der Waals surface area contributed by atoms with Gasteiger partial charge in [0.15, 0.2) is 0 Å². The SMILES string of the molecule is Cc1ccc2c(c1)C(NC(=O)C(C)NC(=O)c1scnc1C)CC1(CCOCC1)O2. The van der Waals surface area contributed by atoms with Crippen molar-refractivity contribution in [2.45, 2.75) is 57.7 Å². The van der Waals surface area contributed by atoms with Crippen LogP contribution in [0.5, 0.6) is 5.75 Å². The molecule has 2 aliphatic heterocycles. The highest BCUT2D eigenvalue weighted by Crippen LogP contribution is 2.44. The highest BCUT2D eigenvalue weighted by Gasteiger charge is 2.43. The van der Waals surface area contributed by atoms with Crippen LogP contribution in [0, 0.1) is 13.8 Å². The fraction of sp³-hybridized carbons (Fsp3) is 0.500. The summed E-state index contributed by atoms with van der Waals surface area (Å²) in [6.07, 6.45) is 2.28. The van der Waals surface area contributed by atoms with Gasteiger partial charge in [-0.2, -0.15) is 0 Å². The van der Waals surface area contributed by atoms with Gasteiger partial charge in [-0.15, -0.1) is 11.3 Å². The summed E-state index contributed by atoms with van der Waals surface area (Å²) in [5.74, 6) is 0.324. The number of benzene rings is 1. The Morgan fingerprint density at radius 3 is 2.73 bits per heavy atom. The highest BCUT2D eigenvalue weighted by molar-refractivity contribution is 7.11. The summed E-state index contributed by atoms with van der Waals surface area (Å²) in [5.41, 5.74) is 4.06. The maximum atomic E-state index is 13.0. The van der Waals surface area contributed by atoms with Gasteiger partial charge in [0.05, 0.1) is 30.5 Å². The van der Waals surface area contributed by atoms with E-state index in [0.717, 1.165) is 29.7 Å². The van der Waals surface area contributed by atoms with E-state index in [4.69, 9.17) is 9.47 Å². The van der Waals surface area contributed by atoms with Crippen molar-refractivity contribution in [2.24, 2.45) is 0 Å². The molecule has 30 heavy (non-hydrogen) atoms. The number of amides is 2. The van der Waals surface area contributed by atoms with Gasteiger partial charge in [0.25, 0.3) is 5.91 Å². The number of ether oxygens (including phenoxy) is 2. The minimum Gasteiger partial charge on any atom is -0.487 e. The molecular formula is C22H27N3O4S. The summed E-state index contributed by atoms with van der Waals surface area (Å²) in [7, 11) is 0. The number of rotatable bonds is 4. The van der Waals surface area contributed by atoms with Gasteiger partial charge in [0.2, 0.25) is 5.91 Å². The minimum absolute atomic E-state index is 0.177. The molecule has 8 heteroatoms. The molecule has 2 atom stereocenters. The third-order valence-electron chi connectivity index (χ3n) is 5.86. The highest BCUT2D eigenvalue weighted by atomic mass is 32.1. The second-order valence-electron chi connectivity index (χ2n) is 8.17. The topological polar surface area (TPSA) is 89.6 Å². The maximum absolute atomic E-state index is 13.0. The second-order valence-corrected chi connectivity index (χ2v) is 9.02. The van der Waals surface area contributed by atoms with Gasteiger partial charge in [-0.1, -0.05) is 17.7 Å². The Kier molecular flexibility index (Phi) is 5.79. The molecule has 1 spiro atoms. The first-order valence-corrected chi connectivity index (χ1v) is 11.1. The van der Waals surface area contributed by atoms with Crippen LogP contribution < -0.4 is 15.4 Å². The molecule has 160 valence electrons. The molecular weight excluding hydrogens is 402 g/mol. The summed E-state index contributed by atoms with van der Waals surface area (Å²) in [6, 6.07) is 5.23. The summed E-state index contributed by atoms with van der Waals surface area (Å²) < 4.78 is 11.9. The Bertz CT molecular complexity index is 952. The molecule has 2 aromatic rings. The molecule has 7 nitrogen and oxygen atoms in total. The summed E-state index contributed by atoms with van der Waals surface area (Å²) in [6.45, 7) is 6.82. The van der Waals surface area contributed by atoms with Crippen LogP contribution in [0.25, 0.3) is 0 Å². The number of aryl methyl sites for hydroxylation is 2. The van der Waals surface area contributed by atoms with Gasteiger partial charge in [-0.05, 0) is 26.8 Å². The molecule has 0 aliphatic carbocycles. The van der Waals surface area contributed by atoms with E-state index in [1.807, 2.05) is 19.1 Å². The van der Waals surface area contributed by atoms with E-state index >= 15 is 0 Å². The first kappa shape index (κ1) is 20.8. The zero-order chi connectivity index (χ0) is 21.3. The fourth-order valence-electron chi connectivity index (χ4n) is 4.11. The van der Waals surface area contributed by atoms with Gasteiger partial charge in [0.1, 0.15) is 22.3 Å². The fourth-order valence-corrected chi connectivity index (χ4v) is 4.82. The summed E-state index contributed by atoms with van der Waals surface area (Å²) >= 11 is 1.27. The van der Waals surface area contributed by atoms with Crippen molar-refractivity contribution in [3.63, 3.8) is 0 Å². The van der Waals surface area contributed by atoms with Crippen LogP contribution in [0.4, 0.5) is 0 Å². The van der Waals surface area contributed by atoms with E-state index in [2.05, 4.69) is 21.7 Å². The van der Waals surface area contributed by atoms with Gasteiger partial charge in [0, 0.05) is 24.8 Å². The first-order valence-electron chi connectivity index (χ1n) is 10.3. The predicted molar refractivity (Wildman–Crippen MR) is 114 cm³/mol. The molecule has 4 rings (SSSR count). The molecule has 0 bridgehead atoms. The van der Waals surface area contributed by atoms with E-state index in [-0.39, 0.29) is 23.5 Å². The van der Waals surface area contributed by atoms with Crippen LogP contribution in [0.2, 0.25) is 0 Å². The maximum Gasteiger partial charge on any atom is 0.263 e. The Morgan fingerprint density at radius 1 is 1.27 bits per heavy atom. The zero-order valence-corrected chi connectivity index (χ0v) is 18.3. The van der Waals surface area contributed by atoms with Crippen molar-refractivity contribution in [1.82, 2.24) is 15.6 Å². The Hall–Kier alpha value is -2.45. The van der Waals surface area contributed by atoms with E-state index in [0.29, 0.717) is 30.2 Å². The average molecular weight is 430 g/mol. The number of aromatic nitrogens is 1. The van der Waals surface area contributed by atoms with Crippen molar-refractivity contribution in [3.8, 4) is 5.75 Å². The third kappa shape index (κ3) is 4.20. The van der Waals surface area contributed by atoms with E-state index < -0.39 is 6.04 Å². The largest absolute Gasteiger partial charge is 0.487 e. The lowest BCUT2D eigenvalue weighted by molar-refractivity contribution is -0.124. The standard InChI is InChI=1S/C22H27N3O4S/c1-13-4-5-18-16(10-13)17(11-22(29-18)6-8-28-9-7-22)25-20(26)15(3)24-21(27)19-14(2)23-12-30-19/h4-5,10,12,15,17H,6-9,11H2,1-3H3,(H,24,27)(H,25,26). The van der Waals surface area contributed by atoms with Crippen molar-refractivity contribution < 1.29 is 19.1 Å². The van der Waals surface area contributed by atoms with Crippen LogP contribution >= 0.6 is 11.3 Å². The van der Waals surface area contributed by atoms with Gasteiger partial charge >= 0.3 is 0 Å². The quantitative estimate of drug-likeness (QED) is 0.780. The predicted octanol–water partition coefficient (Wildman–Crippen LogP) is 3.07. The summed E-state index contributed by atoms with van der Waals surface area (Å²) in [5, 5.41) is 5.94. The van der Waals surface area contributed by atoms with Crippen molar-refractivity contribution in [3.05, 3.63) is 45.4 Å². The van der Waals surface area contributed by atoms with Crippen LogP contribution in [0.3, 0.4) is 0 Å². The smallest absolute Gasteiger partial charge is 0.263 e. The third-order valence-corrected chi connectivity index (χ3v) is 6.78. The van der Waals surface area contributed by atoms with Crippen molar-refractivity contribution >= 4 is 23.2 Å². The minimum atomic E-state index is -0.666. The second kappa shape index (κ2) is 8.35. The molecule has 1 aromatic carbocycles. The zero-order valence-electron chi connectivity index (χ0n) is 17.5. The molecule has 1 aromatic heterocycles. The monoisotopic (exact) mass is 429 g/mol. The number of nitrogens with zero attached hydrogens (tertiary/aromatic N) is 1. The molecule has 0 radical (unpaired) electrons. The molecule has 3 heterocycles. The number of hydrogen-bond acceptors (Lipinski definition) is 6. The van der Waals surface area contributed by atoms with Crippen LogP contribution in [-0.4, -0.2) is 41.7 Å². The average Bonchev–Trinajstić information content (AvgIpc) is 3.15. The van der Waals surface area contributed by atoms with Gasteiger partial charge < -0.3 is 20.1 Å². The van der Waals surface area contributed by atoms with E-state index in [1.165, 1.54) is 11.3 Å². The van der Waals surface area contributed by atoms with Gasteiger partial charge in [-0.25, -0.2) is 4.98 Å². The Morgan fingerprint density at radius 2 is 2.03 bits per heavy atom. The molecule has 1 saturated heterocycles. The van der Waals surface area contributed by atoms with Crippen molar-refractivity contribution in [1.29, 1.82) is 0 Å². The lowest BCUT2D eigenvalue weighted by atomic mass is 9.81. The van der Waals surface area contributed by atoms with E-state index in [9.17, 15) is 9.59 Å². The number of hydrogen-bond donors (Lipinski definition) is 2. The molecule has 2 aliphatic rings. The molecule has 2 amide bonds. The van der Waals surface area contributed by atoms with Gasteiger partial charge in [-0.3, -0.25) is 9.59 Å². The number of fused-ring (bicyclic) bond motifs is 1. The van der Waals surface area contributed by atoms with Crippen molar-refractivity contribution in [2.75, 3.05) is 13.2 Å². The lowest BCUT2D eigenvalue weighted by Gasteiger charge is -2.44. The normalized spacial score (nSPS) is 20.7. The number of carbonyl (C=O) groups excluding carboxylic acids is 2. The van der Waals surface area contributed by atoms with Crippen LogP contribution in [0.1, 0.15) is 58.7 Å². The lowest BCUT2D eigenvalue weighted by Crippen LogP contribution is -2.51. The first-order chi connectivity index (χ1) is 14.4.